The van der Waals surface area contributed by atoms with Crippen LogP contribution in [0.15, 0.2) is 237 Å². The fourth-order valence-electron chi connectivity index (χ4n) is 7.82. The van der Waals surface area contributed by atoms with Gasteiger partial charge in [-0.05, 0) is 156 Å². The maximum absolute atomic E-state index is 2.32. The van der Waals surface area contributed by atoms with Crippen LogP contribution in [-0.2, 0) is 0 Å². The molecule has 0 saturated carbocycles. The molecule has 0 radical (unpaired) electrons. The van der Waals surface area contributed by atoms with Gasteiger partial charge in [0.2, 0.25) is 0 Å². The quantitative estimate of drug-likeness (QED) is 0.130. The summed E-state index contributed by atoms with van der Waals surface area (Å²) in [6.45, 7) is 4.28. The molecule has 0 aliphatic heterocycles. The Kier molecular flexibility index (Phi) is 10.6. The molecule has 0 unspecified atom stereocenters. The third-order valence-corrected chi connectivity index (χ3v) is 10.7. The molecule has 0 atom stereocenters. The van der Waals surface area contributed by atoms with Gasteiger partial charge in [-0.15, -0.1) is 0 Å². The molecule has 3 nitrogen and oxygen atoms in total. The molecule has 3 heteroatoms. The fourth-order valence-corrected chi connectivity index (χ4v) is 7.82. The summed E-state index contributed by atoms with van der Waals surface area (Å²) in [5.74, 6) is 0. The van der Waals surface area contributed by atoms with Crippen LogP contribution in [0.2, 0.25) is 0 Å². The molecule has 0 aliphatic rings. The van der Waals surface area contributed by atoms with Crippen molar-refractivity contribution in [1.29, 1.82) is 0 Å². The van der Waals surface area contributed by atoms with Crippen molar-refractivity contribution in [3.05, 3.63) is 248 Å². The predicted octanol–water partition coefficient (Wildman–Crippen LogP) is 16.0. The summed E-state index contributed by atoms with van der Waals surface area (Å²) in [5.41, 5.74) is 17.2. The van der Waals surface area contributed by atoms with Crippen LogP contribution < -0.4 is 14.7 Å². The third kappa shape index (κ3) is 8.14. The van der Waals surface area contributed by atoms with E-state index in [4.69, 9.17) is 0 Å². The average Bonchev–Trinajstić information content (AvgIpc) is 3.29. The van der Waals surface area contributed by atoms with E-state index in [1.165, 1.54) is 33.4 Å². The van der Waals surface area contributed by atoms with Crippen LogP contribution in [0, 0.1) is 13.8 Å². The second kappa shape index (κ2) is 16.9. The van der Waals surface area contributed by atoms with Gasteiger partial charge in [0, 0.05) is 51.2 Å². The number of para-hydroxylation sites is 3. The van der Waals surface area contributed by atoms with E-state index in [1.807, 2.05) is 0 Å². The lowest BCUT2D eigenvalue weighted by atomic mass is 10.0. The van der Waals surface area contributed by atoms with Crippen LogP contribution in [0.4, 0.5) is 51.2 Å². The topological polar surface area (TPSA) is 9.72 Å². The van der Waals surface area contributed by atoms with E-state index in [1.54, 1.807) is 0 Å². The maximum atomic E-state index is 2.32. The molecule has 9 aromatic carbocycles. The summed E-state index contributed by atoms with van der Waals surface area (Å²) >= 11 is 0. The maximum Gasteiger partial charge on any atom is 0.0464 e. The molecular weight excluding hydrogens is 715 g/mol. The molecule has 0 heterocycles. The fraction of sp³-hybridized carbons (Fsp3) is 0.0357. The summed E-state index contributed by atoms with van der Waals surface area (Å²) in [7, 11) is 0. The second-order valence-corrected chi connectivity index (χ2v) is 14.9. The summed E-state index contributed by atoms with van der Waals surface area (Å²) in [6, 6.07) is 84.6. The minimum absolute atomic E-state index is 1.10. The lowest BCUT2D eigenvalue weighted by molar-refractivity contribution is 1.27. The van der Waals surface area contributed by atoms with Crippen molar-refractivity contribution in [1.82, 2.24) is 0 Å². The normalized spacial score (nSPS) is 10.9. The van der Waals surface area contributed by atoms with Crippen LogP contribution in [-0.4, -0.2) is 0 Å². The standard InChI is InChI=1S/C56H45N3/c1-42-14-12-22-55(40-42)58(49-18-8-4-9-19-49)53-36-28-46(29-37-53)44-24-32-51(33-25-44)57(48-16-6-3-7-17-48)52-34-26-45(27-35-52)47-30-38-54(39-31-47)59(50-20-10-5-11-21-50)56-23-13-15-43(2)41-56/h3-41H,1-2H3. The van der Waals surface area contributed by atoms with Gasteiger partial charge in [-0.3, -0.25) is 0 Å². The third-order valence-electron chi connectivity index (χ3n) is 10.7. The van der Waals surface area contributed by atoms with Crippen molar-refractivity contribution in [3.63, 3.8) is 0 Å². The summed E-state index contributed by atoms with van der Waals surface area (Å²) < 4.78 is 0. The van der Waals surface area contributed by atoms with Gasteiger partial charge in [-0.1, -0.05) is 127 Å². The minimum atomic E-state index is 1.10. The second-order valence-electron chi connectivity index (χ2n) is 14.9. The van der Waals surface area contributed by atoms with E-state index in [0.29, 0.717) is 0 Å². The Balaban J connectivity index is 0.974. The first kappa shape index (κ1) is 37.0. The van der Waals surface area contributed by atoms with E-state index in [2.05, 4.69) is 265 Å². The first-order valence-electron chi connectivity index (χ1n) is 20.2. The Morgan fingerprint density at radius 3 is 0.678 bits per heavy atom. The molecular formula is C56H45N3. The Morgan fingerprint density at radius 1 is 0.203 bits per heavy atom. The van der Waals surface area contributed by atoms with E-state index < -0.39 is 0 Å². The molecule has 0 aliphatic carbocycles. The largest absolute Gasteiger partial charge is 0.311 e. The van der Waals surface area contributed by atoms with Gasteiger partial charge >= 0.3 is 0 Å². The first-order chi connectivity index (χ1) is 29.1. The number of nitrogens with zero attached hydrogens (tertiary/aromatic N) is 3. The van der Waals surface area contributed by atoms with Crippen molar-refractivity contribution in [3.8, 4) is 22.3 Å². The highest BCUT2D eigenvalue weighted by molar-refractivity contribution is 5.83. The van der Waals surface area contributed by atoms with Crippen molar-refractivity contribution in [2.24, 2.45) is 0 Å². The zero-order valence-corrected chi connectivity index (χ0v) is 33.4. The average molecular weight is 760 g/mol. The van der Waals surface area contributed by atoms with Gasteiger partial charge < -0.3 is 14.7 Å². The van der Waals surface area contributed by atoms with Crippen molar-refractivity contribution >= 4 is 51.2 Å². The molecule has 0 saturated heterocycles. The summed E-state index contributed by atoms with van der Waals surface area (Å²) in [6.07, 6.45) is 0. The number of benzene rings is 9. The monoisotopic (exact) mass is 759 g/mol. The highest BCUT2D eigenvalue weighted by Crippen LogP contribution is 2.40. The van der Waals surface area contributed by atoms with Gasteiger partial charge in [-0.2, -0.15) is 0 Å². The van der Waals surface area contributed by atoms with Gasteiger partial charge in [-0.25, -0.2) is 0 Å². The van der Waals surface area contributed by atoms with Crippen LogP contribution in [0.25, 0.3) is 22.3 Å². The molecule has 9 aromatic rings. The Morgan fingerprint density at radius 2 is 0.424 bits per heavy atom. The number of aryl methyl sites for hydroxylation is 2. The van der Waals surface area contributed by atoms with E-state index in [9.17, 15) is 0 Å². The molecule has 0 bridgehead atoms. The highest BCUT2D eigenvalue weighted by Gasteiger charge is 2.16. The highest BCUT2D eigenvalue weighted by atomic mass is 15.2. The molecule has 0 fully saturated rings. The van der Waals surface area contributed by atoms with Crippen LogP contribution in [0.1, 0.15) is 11.1 Å². The van der Waals surface area contributed by atoms with Crippen molar-refractivity contribution < 1.29 is 0 Å². The molecule has 0 N–H and O–H groups in total. The van der Waals surface area contributed by atoms with Gasteiger partial charge in [0.05, 0.1) is 0 Å². The van der Waals surface area contributed by atoms with E-state index in [-0.39, 0.29) is 0 Å². The summed E-state index contributed by atoms with van der Waals surface area (Å²) in [4.78, 5) is 6.94. The lowest BCUT2D eigenvalue weighted by Gasteiger charge is -2.26. The summed E-state index contributed by atoms with van der Waals surface area (Å²) in [5, 5.41) is 0. The molecule has 0 aromatic heterocycles. The molecule has 59 heavy (non-hydrogen) atoms. The van der Waals surface area contributed by atoms with Crippen LogP contribution in [0.5, 0.6) is 0 Å². The number of rotatable bonds is 11. The molecule has 0 amide bonds. The van der Waals surface area contributed by atoms with Gasteiger partial charge in [0.15, 0.2) is 0 Å². The van der Waals surface area contributed by atoms with E-state index in [0.717, 1.165) is 51.2 Å². The zero-order chi connectivity index (χ0) is 40.0. The van der Waals surface area contributed by atoms with Crippen molar-refractivity contribution in [2.75, 3.05) is 14.7 Å². The van der Waals surface area contributed by atoms with E-state index >= 15 is 0 Å². The predicted molar refractivity (Wildman–Crippen MR) is 251 cm³/mol. The minimum Gasteiger partial charge on any atom is -0.311 e. The zero-order valence-electron chi connectivity index (χ0n) is 33.4. The molecule has 284 valence electrons. The van der Waals surface area contributed by atoms with Crippen LogP contribution in [0.3, 0.4) is 0 Å². The molecule has 9 rings (SSSR count). The first-order valence-corrected chi connectivity index (χ1v) is 20.2. The van der Waals surface area contributed by atoms with Crippen molar-refractivity contribution in [2.45, 2.75) is 13.8 Å². The number of hydrogen-bond acceptors (Lipinski definition) is 3. The Bertz CT molecular complexity index is 2570. The van der Waals surface area contributed by atoms with Crippen LogP contribution >= 0.6 is 0 Å². The number of hydrogen-bond donors (Lipinski definition) is 0. The smallest absolute Gasteiger partial charge is 0.0464 e. The molecule has 0 spiro atoms. The Hall–Kier alpha value is -7.62. The Labute approximate surface area is 348 Å². The van der Waals surface area contributed by atoms with Gasteiger partial charge in [0.1, 0.15) is 0 Å². The SMILES string of the molecule is Cc1cccc(N(c2ccccc2)c2ccc(-c3ccc(N(c4ccccc4)c4ccc(-c5ccc(N(c6ccccc6)c6cccc(C)c6)cc5)cc4)cc3)cc2)c1. The number of anilines is 9. The lowest BCUT2D eigenvalue weighted by Crippen LogP contribution is -2.10. The van der Waals surface area contributed by atoms with Gasteiger partial charge in [0.25, 0.3) is 0 Å².